The van der Waals surface area contributed by atoms with Crippen LogP contribution in [0, 0.1) is 5.92 Å². The van der Waals surface area contributed by atoms with E-state index in [1.807, 2.05) is 12.1 Å². The summed E-state index contributed by atoms with van der Waals surface area (Å²) in [4.78, 5) is 16.2. The number of carbonyl (C=O) groups is 1. The number of aromatic amines is 1. The third-order valence-corrected chi connectivity index (χ3v) is 6.61. The summed E-state index contributed by atoms with van der Waals surface area (Å²) < 4.78 is 0. The molecule has 1 amide bonds. The van der Waals surface area contributed by atoms with Gasteiger partial charge in [-0.15, -0.1) is 0 Å². The van der Waals surface area contributed by atoms with Crippen LogP contribution in [0.25, 0.3) is 10.9 Å². The summed E-state index contributed by atoms with van der Waals surface area (Å²) in [6.07, 6.45) is 4.09. The minimum atomic E-state index is -0.751. The molecule has 2 unspecified atom stereocenters. The lowest BCUT2D eigenvalue weighted by Crippen LogP contribution is -2.43. The van der Waals surface area contributed by atoms with Crippen LogP contribution in [0.5, 0.6) is 0 Å². The van der Waals surface area contributed by atoms with Gasteiger partial charge in [-0.05, 0) is 49.0 Å². The van der Waals surface area contributed by atoms with Gasteiger partial charge in [-0.2, -0.15) is 11.8 Å². The number of H-pyrrole nitrogens is 1. The highest BCUT2D eigenvalue weighted by Crippen LogP contribution is 2.33. The number of thioether (sulfide) groups is 1. The lowest BCUT2D eigenvalue weighted by atomic mass is 9.87. The van der Waals surface area contributed by atoms with E-state index in [2.05, 4.69) is 23.3 Å². The molecule has 0 radical (unpaired) electrons. The molecule has 1 aliphatic carbocycles. The van der Waals surface area contributed by atoms with E-state index >= 15 is 0 Å². The second-order valence-electron chi connectivity index (χ2n) is 7.37. The summed E-state index contributed by atoms with van der Waals surface area (Å²) in [7, 11) is 0. The first-order valence-electron chi connectivity index (χ1n) is 8.76. The molecule has 3 N–H and O–H groups in total. The first-order valence-corrected chi connectivity index (χ1v) is 9.92. The van der Waals surface area contributed by atoms with E-state index in [4.69, 9.17) is 0 Å². The monoisotopic (exact) mass is 344 g/mol. The van der Waals surface area contributed by atoms with E-state index in [-0.39, 0.29) is 5.91 Å². The van der Waals surface area contributed by atoms with Crippen LogP contribution in [0.1, 0.15) is 41.4 Å². The van der Waals surface area contributed by atoms with E-state index in [0.717, 1.165) is 30.5 Å². The Morgan fingerprint density at radius 3 is 3.17 bits per heavy atom. The van der Waals surface area contributed by atoms with Crippen molar-refractivity contribution < 1.29 is 9.90 Å². The third-order valence-electron chi connectivity index (χ3n) is 5.37. The summed E-state index contributed by atoms with van der Waals surface area (Å²) in [6, 6.07) is 5.95. The molecule has 2 atom stereocenters. The molecule has 1 saturated heterocycles. The van der Waals surface area contributed by atoms with Gasteiger partial charge in [-0.3, -0.25) is 4.79 Å². The van der Waals surface area contributed by atoms with Crippen molar-refractivity contribution in [3.63, 3.8) is 0 Å². The smallest absolute Gasteiger partial charge is 0.253 e. The van der Waals surface area contributed by atoms with Crippen molar-refractivity contribution in [1.82, 2.24) is 10.3 Å². The predicted octanol–water partition coefficient (Wildman–Crippen LogP) is 2.89. The number of hydrogen-bond acceptors (Lipinski definition) is 3. The van der Waals surface area contributed by atoms with Gasteiger partial charge in [0.05, 0.1) is 16.7 Å². The zero-order valence-electron chi connectivity index (χ0n) is 14.0. The number of amides is 1. The fourth-order valence-electron chi connectivity index (χ4n) is 3.88. The maximum atomic E-state index is 12.7. The summed E-state index contributed by atoms with van der Waals surface area (Å²) in [5.41, 5.74) is 3.54. The van der Waals surface area contributed by atoms with E-state index in [9.17, 15) is 9.90 Å². The van der Waals surface area contributed by atoms with Gasteiger partial charge in [-0.25, -0.2) is 0 Å². The summed E-state index contributed by atoms with van der Waals surface area (Å²) >= 11 is 1.74. The van der Waals surface area contributed by atoms with Crippen LogP contribution < -0.4 is 5.32 Å². The Hall–Kier alpha value is -1.46. The molecule has 2 aromatic rings. The van der Waals surface area contributed by atoms with E-state index in [1.165, 1.54) is 23.1 Å². The molecular weight excluding hydrogens is 320 g/mol. The SMILES string of the molecule is CC1CCc2[nH]c3c(C(=O)NCC4(O)CCSC4)cccc3c2C1. The quantitative estimate of drug-likeness (QED) is 0.802. The number of aryl methyl sites for hydroxylation is 1. The first-order chi connectivity index (χ1) is 11.6. The van der Waals surface area contributed by atoms with Crippen LogP contribution in [-0.4, -0.2) is 39.6 Å². The predicted molar refractivity (Wildman–Crippen MR) is 98.7 cm³/mol. The number of fused-ring (bicyclic) bond motifs is 3. The van der Waals surface area contributed by atoms with Crippen molar-refractivity contribution in [2.75, 3.05) is 18.1 Å². The van der Waals surface area contributed by atoms with Gasteiger partial charge in [0.1, 0.15) is 0 Å². The van der Waals surface area contributed by atoms with Gasteiger partial charge >= 0.3 is 0 Å². The third kappa shape index (κ3) is 2.84. The molecule has 0 saturated carbocycles. The van der Waals surface area contributed by atoms with E-state index in [1.54, 1.807) is 11.8 Å². The van der Waals surface area contributed by atoms with Crippen LogP contribution >= 0.6 is 11.8 Å². The normalized spacial score (nSPS) is 26.5. The highest BCUT2D eigenvalue weighted by atomic mass is 32.2. The fraction of sp³-hybridized carbons (Fsp3) is 0.526. The Kier molecular flexibility index (Phi) is 4.09. The Bertz CT molecular complexity index is 777. The lowest BCUT2D eigenvalue weighted by Gasteiger charge is -2.21. The second kappa shape index (κ2) is 6.12. The minimum Gasteiger partial charge on any atom is -0.387 e. The number of aliphatic hydroxyl groups is 1. The number of aromatic nitrogens is 1. The number of benzene rings is 1. The van der Waals surface area contributed by atoms with Crippen LogP contribution in [0.15, 0.2) is 18.2 Å². The standard InChI is InChI=1S/C19H24N2O2S/c1-12-5-6-16-15(9-12)13-3-2-4-14(17(13)21-16)18(22)20-10-19(23)7-8-24-11-19/h2-4,12,21,23H,5-11H2,1H3,(H,20,22). The van der Waals surface area contributed by atoms with Crippen LogP contribution in [0.2, 0.25) is 0 Å². The average Bonchev–Trinajstić information content (AvgIpc) is 3.16. The zero-order chi connectivity index (χ0) is 16.7. The number of para-hydroxylation sites is 1. The van der Waals surface area contributed by atoms with Crippen LogP contribution in [0.4, 0.5) is 0 Å². The summed E-state index contributed by atoms with van der Waals surface area (Å²) in [5, 5.41) is 14.5. The van der Waals surface area contributed by atoms with Crippen LogP contribution in [-0.2, 0) is 12.8 Å². The molecule has 4 nitrogen and oxygen atoms in total. The molecule has 1 aromatic carbocycles. The van der Waals surface area contributed by atoms with E-state index in [0.29, 0.717) is 23.8 Å². The van der Waals surface area contributed by atoms with Gasteiger partial charge in [0, 0.05) is 23.4 Å². The molecule has 2 aliphatic rings. The van der Waals surface area contributed by atoms with Gasteiger partial charge < -0.3 is 15.4 Å². The van der Waals surface area contributed by atoms with Gasteiger partial charge in [0.15, 0.2) is 0 Å². The average molecular weight is 344 g/mol. The molecule has 0 bridgehead atoms. The zero-order valence-corrected chi connectivity index (χ0v) is 14.8. The molecule has 5 heteroatoms. The van der Waals surface area contributed by atoms with Crippen LogP contribution in [0.3, 0.4) is 0 Å². The van der Waals surface area contributed by atoms with Crippen molar-refractivity contribution in [3.05, 3.63) is 35.0 Å². The van der Waals surface area contributed by atoms with Gasteiger partial charge in [0.2, 0.25) is 0 Å². The van der Waals surface area contributed by atoms with Crippen molar-refractivity contribution in [3.8, 4) is 0 Å². The molecule has 4 rings (SSSR count). The molecule has 1 aromatic heterocycles. The van der Waals surface area contributed by atoms with Crippen molar-refractivity contribution in [2.24, 2.45) is 5.92 Å². The number of hydrogen-bond donors (Lipinski definition) is 3. The maximum Gasteiger partial charge on any atom is 0.253 e. The van der Waals surface area contributed by atoms with Crippen molar-refractivity contribution in [1.29, 1.82) is 0 Å². The second-order valence-corrected chi connectivity index (χ2v) is 8.47. The highest BCUT2D eigenvalue weighted by molar-refractivity contribution is 7.99. The maximum absolute atomic E-state index is 12.7. The Labute approximate surface area is 146 Å². The van der Waals surface area contributed by atoms with Gasteiger partial charge in [0.25, 0.3) is 5.91 Å². The largest absolute Gasteiger partial charge is 0.387 e. The van der Waals surface area contributed by atoms with Gasteiger partial charge in [-0.1, -0.05) is 19.1 Å². The Balaban J connectivity index is 1.61. The molecule has 24 heavy (non-hydrogen) atoms. The van der Waals surface area contributed by atoms with E-state index < -0.39 is 5.60 Å². The Morgan fingerprint density at radius 2 is 2.38 bits per heavy atom. The Morgan fingerprint density at radius 1 is 1.50 bits per heavy atom. The topological polar surface area (TPSA) is 65.1 Å². The lowest BCUT2D eigenvalue weighted by molar-refractivity contribution is 0.0613. The summed E-state index contributed by atoms with van der Waals surface area (Å²) in [6.45, 7) is 2.62. The molecule has 128 valence electrons. The molecule has 1 fully saturated rings. The van der Waals surface area contributed by atoms with Crippen molar-refractivity contribution >= 4 is 28.6 Å². The summed E-state index contributed by atoms with van der Waals surface area (Å²) in [5.74, 6) is 2.26. The fourth-order valence-corrected chi connectivity index (χ4v) is 5.18. The number of rotatable bonds is 3. The molecular formula is C19H24N2O2S. The number of nitrogens with one attached hydrogen (secondary N) is 2. The minimum absolute atomic E-state index is 0.0995. The first kappa shape index (κ1) is 16.0. The highest BCUT2D eigenvalue weighted by Gasteiger charge is 2.32. The molecule has 2 heterocycles. The number of carbonyl (C=O) groups excluding carboxylic acids is 1. The van der Waals surface area contributed by atoms with Crippen molar-refractivity contribution in [2.45, 2.75) is 38.2 Å². The molecule has 1 aliphatic heterocycles. The molecule has 0 spiro atoms.